The van der Waals surface area contributed by atoms with Crippen LogP contribution < -0.4 is 28.6 Å². The Morgan fingerprint density at radius 1 is 0.769 bits per heavy atom. The molecule has 8 nitrogen and oxygen atoms in total. The fraction of sp³-hybridized carbons (Fsp3) is 0.0968. The highest BCUT2D eigenvalue weighted by molar-refractivity contribution is 6.14. The van der Waals surface area contributed by atoms with E-state index in [1.54, 1.807) is 30.3 Å². The highest BCUT2D eigenvalue weighted by atomic mass is 16.6. The van der Waals surface area contributed by atoms with Gasteiger partial charge in [0.15, 0.2) is 17.3 Å². The first-order valence-electron chi connectivity index (χ1n) is 12.0. The van der Waals surface area contributed by atoms with E-state index in [2.05, 4.69) is 0 Å². The lowest BCUT2D eigenvalue weighted by Crippen LogP contribution is -2.29. The minimum absolute atomic E-state index is 0.109. The highest BCUT2D eigenvalue weighted by Crippen LogP contribution is 2.40. The Bertz CT molecular complexity index is 1480. The van der Waals surface area contributed by atoms with E-state index in [9.17, 15) is 9.59 Å². The van der Waals surface area contributed by atoms with E-state index in [1.807, 2.05) is 60.7 Å². The highest BCUT2D eigenvalue weighted by Gasteiger charge is 2.29. The first kappa shape index (κ1) is 25.4. The number of hydrogen-bond donors (Lipinski definition) is 0. The molecule has 0 atom stereocenters. The van der Waals surface area contributed by atoms with Crippen molar-refractivity contribution < 1.29 is 33.3 Å². The van der Waals surface area contributed by atoms with Crippen molar-refractivity contribution in [2.24, 2.45) is 0 Å². The van der Waals surface area contributed by atoms with Gasteiger partial charge in [-0.15, -0.1) is 0 Å². The van der Waals surface area contributed by atoms with Crippen LogP contribution in [0.5, 0.6) is 28.7 Å². The molecule has 0 radical (unpaired) electrons. The van der Waals surface area contributed by atoms with Gasteiger partial charge in [0, 0.05) is 6.07 Å². The number of rotatable bonds is 7. The molecule has 0 saturated heterocycles. The summed E-state index contributed by atoms with van der Waals surface area (Å²) in [6.45, 7) is 0. The molecule has 0 unspecified atom stereocenters. The molecule has 4 aromatic rings. The third-order valence-electron chi connectivity index (χ3n) is 6.04. The molecule has 0 saturated carbocycles. The molecule has 196 valence electrons. The minimum atomic E-state index is -0.607. The molecule has 0 bridgehead atoms. The Balaban J connectivity index is 1.41. The van der Waals surface area contributed by atoms with E-state index in [0.29, 0.717) is 39.8 Å². The second-order valence-electron chi connectivity index (χ2n) is 8.43. The van der Waals surface area contributed by atoms with Crippen molar-refractivity contribution in [3.63, 3.8) is 0 Å². The van der Waals surface area contributed by atoms with Gasteiger partial charge in [0.1, 0.15) is 11.5 Å². The Labute approximate surface area is 225 Å². The van der Waals surface area contributed by atoms with Gasteiger partial charge in [-0.25, -0.2) is 9.69 Å². The Hall–Kier alpha value is -5.24. The van der Waals surface area contributed by atoms with Crippen LogP contribution >= 0.6 is 0 Å². The molecule has 0 N–H and O–H groups in total. The fourth-order valence-electron chi connectivity index (χ4n) is 4.23. The van der Waals surface area contributed by atoms with Gasteiger partial charge >= 0.3 is 6.09 Å². The van der Waals surface area contributed by atoms with Crippen molar-refractivity contribution >= 4 is 29.3 Å². The van der Waals surface area contributed by atoms with E-state index in [4.69, 9.17) is 23.7 Å². The van der Waals surface area contributed by atoms with Gasteiger partial charge in [-0.3, -0.25) is 4.79 Å². The number of anilines is 2. The van der Waals surface area contributed by atoms with Crippen LogP contribution in [0.4, 0.5) is 16.2 Å². The predicted octanol–water partition coefficient (Wildman–Crippen LogP) is 6.67. The lowest BCUT2D eigenvalue weighted by molar-refractivity contribution is 0.101. The molecular weight excluding hydrogens is 498 g/mol. The molecule has 1 heterocycles. The Morgan fingerprint density at radius 3 is 1.90 bits per heavy atom. The number of Topliss-reactive ketones (excluding diaryl/α,β-unsaturated/α-hetero) is 1. The number of methoxy groups -OCH3 is 3. The van der Waals surface area contributed by atoms with Crippen molar-refractivity contribution in [1.29, 1.82) is 0 Å². The van der Waals surface area contributed by atoms with Crippen LogP contribution in [0.15, 0.2) is 96.8 Å². The van der Waals surface area contributed by atoms with Crippen molar-refractivity contribution in [3.05, 3.63) is 108 Å². The largest absolute Gasteiger partial charge is 0.493 e. The second-order valence-corrected chi connectivity index (χ2v) is 8.43. The number of ketones is 1. The summed E-state index contributed by atoms with van der Waals surface area (Å²) in [5, 5.41) is 0. The van der Waals surface area contributed by atoms with E-state index in [-0.39, 0.29) is 23.0 Å². The van der Waals surface area contributed by atoms with Crippen LogP contribution in [0, 0.1) is 0 Å². The molecule has 1 amide bonds. The normalized spacial score (nSPS) is 12.9. The van der Waals surface area contributed by atoms with Crippen LogP contribution in [-0.4, -0.2) is 33.2 Å². The number of nitrogens with zero attached hydrogens (tertiary/aromatic N) is 1. The van der Waals surface area contributed by atoms with Crippen LogP contribution in [-0.2, 0) is 0 Å². The third-order valence-corrected chi connectivity index (χ3v) is 6.04. The quantitative estimate of drug-likeness (QED) is 0.250. The molecule has 0 fully saturated rings. The van der Waals surface area contributed by atoms with E-state index >= 15 is 0 Å². The molecular formula is C31H25NO7. The lowest BCUT2D eigenvalue weighted by Gasteiger charge is -2.22. The van der Waals surface area contributed by atoms with Gasteiger partial charge in [0.05, 0.1) is 38.3 Å². The van der Waals surface area contributed by atoms with Crippen molar-refractivity contribution in [2.45, 2.75) is 0 Å². The number of ether oxygens (including phenoxy) is 5. The summed E-state index contributed by atoms with van der Waals surface area (Å²) in [7, 11) is 4.55. The summed E-state index contributed by atoms with van der Waals surface area (Å²) in [5.41, 5.74) is 2.28. The van der Waals surface area contributed by atoms with Crippen LogP contribution in [0.2, 0.25) is 0 Å². The number of allylic oxidation sites excluding steroid dienone is 1. The molecule has 0 aliphatic carbocycles. The fourth-order valence-corrected chi connectivity index (χ4v) is 4.23. The van der Waals surface area contributed by atoms with E-state index in [0.717, 1.165) is 0 Å². The third kappa shape index (κ3) is 5.13. The average molecular weight is 524 g/mol. The van der Waals surface area contributed by atoms with Gasteiger partial charge in [0.25, 0.3) is 0 Å². The molecule has 1 aliphatic heterocycles. The zero-order valence-corrected chi connectivity index (χ0v) is 21.5. The first-order valence-corrected chi connectivity index (χ1v) is 12.0. The summed E-state index contributed by atoms with van der Waals surface area (Å²) < 4.78 is 27.7. The van der Waals surface area contributed by atoms with Crippen LogP contribution in [0.1, 0.15) is 15.9 Å². The van der Waals surface area contributed by atoms with Gasteiger partial charge in [0.2, 0.25) is 11.5 Å². The number of amides is 1. The summed E-state index contributed by atoms with van der Waals surface area (Å²) in [4.78, 5) is 27.8. The van der Waals surface area contributed by atoms with Gasteiger partial charge in [-0.1, -0.05) is 36.4 Å². The maximum atomic E-state index is 13.3. The van der Waals surface area contributed by atoms with Crippen molar-refractivity contribution in [1.82, 2.24) is 0 Å². The second kappa shape index (κ2) is 11.0. The van der Waals surface area contributed by atoms with Gasteiger partial charge < -0.3 is 23.7 Å². The number of benzene rings is 4. The molecule has 0 aromatic heterocycles. The zero-order valence-electron chi connectivity index (χ0n) is 21.5. The molecule has 0 spiro atoms. The molecule has 1 aliphatic rings. The van der Waals surface area contributed by atoms with E-state index < -0.39 is 6.09 Å². The number of carbonyl (C=O) groups is 2. The summed E-state index contributed by atoms with van der Waals surface area (Å²) >= 11 is 0. The summed E-state index contributed by atoms with van der Waals surface area (Å²) in [5.74, 6) is 1.66. The van der Waals surface area contributed by atoms with Crippen molar-refractivity contribution in [2.75, 3.05) is 26.2 Å². The predicted molar refractivity (Wildman–Crippen MR) is 147 cm³/mol. The summed E-state index contributed by atoms with van der Waals surface area (Å²) in [6.07, 6.45) is 0.982. The average Bonchev–Trinajstić information content (AvgIpc) is 3.27. The van der Waals surface area contributed by atoms with Crippen molar-refractivity contribution in [3.8, 4) is 28.7 Å². The van der Waals surface area contributed by atoms with Crippen LogP contribution in [0.3, 0.4) is 0 Å². The SMILES string of the molecule is COc1cc(/C=C2\Oc3cc(OC(=O)N(c4ccccc4)c4ccccc4)ccc3C2=O)cc(OC)c1OC. The van der Waals surface area contributed by atoms with Gasteiger partial charge in [-0.2, -0.15) is 0 Å². The lowest BCUT2D eigenvalue weighted by atomic mass is 10.1. The Kier molecular flexibility index (Phi) is 7.18. The van der Waals surface area contributed by atoms with Gasteiger partial charge in [-0.05, 0) is 60.2 Å². The summed E-state index contributed by atoms with van der Waals surface area (Å²) in [6, 6.07) is 26.5. The minimum Gasteiger partial charge on any atom is -0.493 e. The van der Waals surface area contributed by atoms with E-state index in [1.165, 1.54) is 32.3 Å². The standard InChI is InChI=1S/C31H25NO7/c1-35-27-17-20(18-28(36-2)30(27)37-3)16-26-29(33)24-15-14-23(19-25(24)39-26)38-31(34)32(21-10-6-4-7-11-21)22-12-8-5-9-13-22/h4-19H,1-3H3/b26-16-. The number of fused-ring (bicyclic) bond motifs is 1. The number of carbonyl (C=O) groups excluding carboxylic acids is 2. The topological polar surface area (TPSA) is 83.5 Å². The molecule has 5 rings (SSSR count). The molecule has 39 heavy (non-hydrogen) atoms. The molecule has 8 heteroatoms. The maximum Gasteiger partial charge on any atom is 0.424 e. The number of para-hydroxylation sites is 2. The first-order chi connectivity index (χ1) is 19.0. The smallest absolute Gasteiger partial charge is 0.424 e. The maximum absolute atomic E-state index is 13.3. The number of hydrogen-bond acceptors (Lipinski definition) is 7. The Morgan fingerprint density at radius 2 is 1.36 bits per heavy atom. The van der Waals surface area contributed by atoms with Crippen LogP contribution in [0.25, 0.3) is 6.08 Å². The monoisotopic (exact) mass is 523 g/mol. The zero-order chi connectivity index (χ0) is 27.4. The molecule has 4 aromatic carbocycles.